The van der Waals surface area contributed by atoms with Crippen molar-refractivity contribution in [3.63, 3.8) is 0 Å². The molecule has 0 bridgehead atoms. The second-order valence-corrected chi connectivity index (χ2v) is 6.57. The predicted octanol–water partition coefficient (Wildman–Crippen LogP) is 2.62. The minimum absolute atomic E-state index is 0.300. The maximum Gasteiger partial charge on any atom is 0.330 e. The summed E-state index contributed by atoms with van der Waals surface area (Å²) < 4.78 is 10.1. The first-order chi connectivity index (χ1) is 12.7. The van der Waals surface area contributed by atoms with Gasteiger partial charge >= 0.3 is 5.97 Å². The molecule has 0 spiro atoms. The van der Waals surface area contributed by atoms with Crippen molar-refractivity contribution in [1.82, 2.24) is 14.9 Å². The fourth-order valence-electron chi connectivity index (χ4n) is 3.41. The van der Waals surface area contributed by atoms with Crippen LogP contribution in [0.25, 0.3) is 11.0 Å². The number of aromatic nitrogens is 2. The fourth-order valence-corrected chi connectivity index (χ4v) is 3.41. The van der Waals surface area contributed by atoms with Gasteiger partial charge in [-0.25, -0.2) is 14.8 Å². The number of esters is 1. The molecular formula is C20H25N3O3. The van der Waals surface area contributed by atoms with Gasteiger partial charge in [-0.1, -0.05) is 6.08 Å². The lowest BCUT2D eigenvalue weighted by molar-refractivity contribution is -0.134. The molecule has 1 aliphatic heterocycles. The molecule has 1 aliphatic rings. The Labute approximate surface area is 153 Å². The van der Waals surface area contributed by atoms with E-state index in [2.05, 4.69) is 19.6 Å². The molecule has 3 heterocycles. The van der Waals surface area contributed by atoms with Crippen LogP contribution in [0.15, 0.2) is 36.5 Å². The number of hydrogen-bond donors (Lipinski definition) is 0. The van der Waals surface area contributed by atoms with Crippen molar-refractivity contribution >= 4 is 17.0 Å². The van der Waals surface area contributed by atoms with Gasteiger partial charge in [-0.2, -0.15) is 0 Å². The zero-order valence-electron chi connectivity index (χ0n) is 15.4. The lowest BCUT2D eigenvalue weighted by Crippen LogP contribution is -2.21. The first kappa shape index (κ1) is 18.3. The van der Waals surface area contributed by atoms with Crippen molar-refractivity contribution in [2.24, 2.45) is 5.92 Å². The lowest BCUT2D eigenvalue weighted by Gasteiger charge is -2.14. The van der Waals surface area contributed by atoms with Crippen LogP contribution in [-0.2, 0) is 16.0 Å². The predicted molar refractivity (Wildman–Crippen MR) is 100 cm³/mol. The van der Waals surface area contributed by atoms with Crippen molar-refractivity contribution in [2.75, 3.05) is 33.9 Å². The van der Waals surface area contributed by atoms with Crippen LogP contribution in [0, 0.1) is 5.92 Å². The van der Waals surface area contributed by atoms with E-state index in [1.807, 2.05) is 24.3 Å². The van der Waals surface area contributed by atoms with Crippen molar-refractivity contribution in [1.29, 1.82) is 0 Å². The first-order valence-corrected chi connectivity index (χ1v) is 8.95. The van der Waals surface area contributed by atoms with Gasteiger partial charge in [-0.3, -0.25) is 4.90 Å². The number of likely N-dealkylation sites (tertiary alicyclic amines) is 1. The van der Waals surface area contributed by atoms with Gasteiger partial charge in [-0.15, -0.1) is 0 Å². The molecule has 0 saturated carbocycles. The monoisotopic (exact) mass is 355 g/mol. The Bertz CT molecular complexity index is 791. The third kappa shape index (κ3) is 4.58. The molecule has 2 aromatic heterocycles. The Balaban J connectivity index is 1.54. The van der Waals surface area contributed by atoms with Crippen molar-refractivity contribution in [3.05, 3.63) is 42.2 Å². The molecule has 6 heteroatoms. The minimum atomic E-state index is -0.300. The summed E-state index contributed by atoms with van der Waals surface area (Å²) in [6, 6.07) is 5.90. The molecule has 0 aliphatic carbocycles. The van der Waals surface area contributed by atoms with Crippen molar-refractivity contribution in [2.45, 2.75) is 19.3 Å². The van der Waals surface area contributed by atoms with Crippen LogP contribution in [0.5, 0.6) is 5.75 Å². The van der Waals surface area contributed by atoms with E-state index in [1.54, 1.807) is 13.3 Å². The molecule has 0 amide bonds. The van der Waals surface area contributed by atoms with E-state index in [0.29, 0.717) is 5.92 Å². The zero-order valence-corrected chi connectivity index (χ0v) is 15.4. The van der Waals surface area contributed by atoms with Crippen LogP contribution in [0.2, 0.25) is 0 Å². The molecule has 138 valence electrons. The minimum Gasteiger partial charge on any atom is -0.496 e. The number of rotatable bonds is 7. The summed E-state index contributed by atoms with van der Waals surface area (Å²) in [5.74, 6) is 1.18. The maximum absolute atomic E-state index is 11.1. The van der Waals surface area contributed by atoms with Crippen LogP contribution in [0.1, 0.15) is 18.5 Å². The largest absolute Gasteiger partial charge is 0.496 e. The Morgan fingerprint density at radius 1 is 1.42 bits per heavy atom. The summed E-state index contributed by atoms with van der Waals surface area (Å²) in [5.41, 5.74) is 1.76. The van der Waals surface area contributed by atoms with E-state index in [-0.39, 0.29) is 5.97 Å². The molecule has 1 atom stereocenters. The van der Waals surface area contributed by atoms with Gasteiger partial charge in [0, 0.05) is 37.1 Å². The van der Waals surface area contributed by atoms with Crippen molar-refractivity contribution < 1.29 is 14.3 Å². The smallest absolute Gasteiger partial charge is 0.330 e. The Kier molecular flexibility index (Phi) is 6.17. The van der Waals surface area contributed by atoms with Gasteiger partial charge in [0.15, 0.2) is 5.65 Å². The number of hydrogen-bond acceptors (Lipinski definition) is 6. The van der Waals surface area contributed by atoms with Crippen LogP contribution in [0.4, 0.5) is 0 Å². The Morgan fingerprint density at radius 2 is 2.31 bits per heavy atom. The highest BCUT2D eigenvalue weighted by atomic mass is 16.5. The van der Waals surface area contributed by atoms with Gasteiger partial charge in [0.1, 0.15) is 5.75 Å². The van der Waals surface area contributed by atoms with E-state index < -0.39 is 0 Å². The standard InChI is InChI=1S/C20H25N3O3/c1-25-18-13-16(22-20-17(18)5-3-10-21-20)8-7-15-9-12-23(14-15)11-4-6-19(24)26-2/h3-6,10,13,15H,7-9,11-12,14H2,1-2H3/b6-4+/t15-/m1/s1. The molecule has 0 radical (unpaired) electrons. The van der Waals surface area contributed by atoms with E-state index in [1.165, 1.54) is 19.6 Å². The summed E-state index contributed by atoms with van der Waals surface area (Å²) in [6.45, 7) is 2.90. The molecular weight excluding hydrogens is 330 g/mol. The summed E-state index contributed by atoms with van der Waals surface area (Å²) in [4.78, 5) is 22.5. The van der Waals surface area contributed by atoms with Crippen LogP contribution < -0.4 is 4.74 Å². The normalized spacial score (nSPS) is 17.8. The average molecular weight is 355 g/mol. The second-order valence-electron chi connectivity index (χ2n) is 6.57. The molecule has 2 aromatic rings. The molecule has 1 saturated heterocycles. The number of carbonyl (C=O) groups excluding carboxylic acids is 1. The summed E-state index contributed by atoms with van der Waals surface area (Å²) >= 11 is 0. The summed E-state index contributed by atoms with van der Waals surface area (Å²) in [7, 11) is 3.08. The number of pyridine rings is 2. The van der Waals surface area contributed by atoms with Gasteiger partial charge < -0.3 is 9.47 Å². The Morgan fingerprint density at radius 3 is 3.12 bits per heavy atom. The van der Waals surface area contributed by atoms with E-state index in [9.17, 15) is 4.79 Å². The molecule has 26 heavy (non-hydrogen) atoms. The molecule has 6 nitrogen and oxygen atoms in total. The van der Waals surface area contributed by atoms with Crippen molar-refractivity contribution in [3.8, 4) is 5.75 Å². The lowest BCUT2D eigenvalue weighted by atomic mass is 10.0. The number of methoxy groups -OCH3 is 2. The topological polar surface area (TPSA) is 64.5 Å². The van der Waals surface area contributed by atoms with Gasteiger partial charge in [-0.05, 0) is 43.9 Å². The van der Waals surface area contributed by atoms with Gasteiger partial charge in [0.2, 0.25) is 0 Å². The van der Waals surface area contributed by atoms with Gasteiger partial charge in [0.05, 0.1) is 19.6 Å². The first-order valence-electron chi connectivity index (χ1n) is 8.95. The SMILES string of the molecule is COC(=O)/C=C/CN1CC[C@@H](CCc2cc(OC)c3cccnc3n2)C1. The highest BCUT2D eigenvalue weighted by Gasteiger charge is 2.21. The van der Waals surface area contributed by atoms with Gasteiger partial charge in [0.25, 0.3) is 0 Å². The average Bonchev–Trinajstić information content (AvgIpc) is 3.13. The third-order valence-corrected chi connectivity index (χ3v) is 4.82. The second kappa shape index (κ2) is 8.76. The fraction of sp³-hybridized carbons (Fsp3) is 0.450. The molecule has 0 N–H and O–H groups in total. The highest BCUT2D eigenvalue weighted by molar-refractivity contribution is 5.82. The third-order valence-electron chi connectivity index (χ3n) is 4.82. The van der Waals surface area contributed by atoms with Crippen LogP contribution >= 0.6 is 0 Å². The Hall–Kier alpha value is -2.47. The van der Waals surface area contributed by atoms with Crippen LogP contribution in [0.3, 0.4) is 0 Å². The number of nitrogens with zero attached hydrogens (tertiary/aromatic N) is 3. The molecule has 1 fully saturated rings. The van der Waals surface area contributed by atoms with E-state index in [4.69, 9.17) is 4.74 Å². The van der Waals surface area contributed by atoms with Crippen LogP contribution in [-0.4, -0.2) is 54.7 Å². The number of fused-ring (bicyclic) bond motifs is 1. The number of ether oxygens (including phenoxy) is 2. The zero-order chi connectivity index (χ0) is 18.4. The number of aryl methyl sites for hydroxylation is 1. The number of carbonyl (C=O) groups is 1. The van der Waals surface area contributed by atoms with E-state index in [0.717, 1.165) is 55.0 Å². The summed E-state index contributed by atoms with van der Waals surface area (Å²) in [6.07, 6.45) is 8.30. The quantitative estimate of drug-likeness (QED) is 0.562. The highest BCUT2D eigenvalue weighted by Crippen LogP contribution is 2.26. The maximum atomic E-state index is 11.1. The molecule has 3 rings (SSSR count). The summed E-state index contributed by atoms with van der Waals surface area (Å²) in [5, 5.41) is 0.947. The molecule has 0 unspecified atom stereocenters. The molecule has 0 aromatic carbocycles. The van der Waals surface area contributed by atoms with E-state index >= 15 is 0 Å².